The SMILES string of the molecule is CCCNC(Cc1cc(C)ccc1OC)C1CCCCO1. The first-order valence-electron chi connectivity index (χ1n) is 8.23. The highest BCUT2D eigenvalue weighted by molar-refractivity contribution is 5.37. The Morgan fingerprint density at radius 3 is 2.90 bits per heavy atom. The zero-order valence-corrected chi connectivity index (χ0v) is 13.7. The summed E-state index contributed by atoms with van der Waals surface area (Å²) in [6.07, 6.45) is 6.08. The molecule has 1 N–H and O–H groups in total. The molecule has 3 heteroatoms. The Bertz CT molecular complexity index is 427. The van der Waals surface area contributed by atoms with Crippen LogP contribution in [0.2, 0.25) is 0 Å². The highest BCUT2D eigenvalue weighted by atomic mass is 16.5. The van der Waals surface area contributed by atoms with Gasteiger partial charge in [-0.1, -0.05) is 24.6 Å². The Morgan fingerprint density at radius 2 is 2.24 bits per heavy atom. The molecule has 0 radical (unpaired) electrons. The van der Waals surface area contributed by atoms with Crippen LogP contribution in [-0.4, -0.2) is 32.4 Å². The molecule has 0 aliphatic carbocycles. The van der Waals surface area contributed by atoms with Crippen LogP contribution in [0.1, 0.15) is 43.7 Å². The van der Waals surface area contributed by atoms with Gasteiger partial charge in [-0.3, -0.25) is 0 Å². The molecule has 2 unspecified atom stereocenters. The van der Waals surface area contributed by atoms with Crippen molar-refractivity contribution in [2.75, 3.05) is 20.3 Å². The van der Waals surface area contributed by atoms with E-state index in [4.69, 9.17) is 9.47 Å². The van der Waals surface area contributed by atoms with E-state index in [1.54, 1.807) is 7.11 Å². The summed E-state index contributed by atoms with van der Waals surface area (Å²) in [5.41, 5.74) is 2.56. The van der Waals surface area contributed by atoms with Crippen molar-refractivity contribution >= 4 is 0 Å². The zero-order chi connectivity index (χ0) is 15.1. The minimum absolute atomic E-state index is 0.329. The van der Waals surface area contributed by atoms with Gasteiger partial charge in [0.15, 0.2) is 0 Å². The van der Waals surface area contributed by atoms with Crippen molar-refractivity contribution in [2.45, 2.75) is 58.1 Å². The third-order valence-corrected chi connectivity index (χ3v) is 4.20. The molecule has 0 saturated carbocycles. The van der Waals surface area contributed by atoms with Crippen molar-refractivity contribution in [2.24, 2.45) is 0 Å². The third kappa shape index (κ3) is 4.72. The predicted molar refractivity (Wildman–Crippen MR) is 87.1 cm³/mol. The summed E-state index contributed by atoms with van der Waals surface area (Å²) >= 11 is 0. The summed E-state index contributed by atoms with van der Waals surface area (Å²) in [5.74, 6) is 0.986. The van der Waals surface area contributed by atoms with Gasteiger partial charge in [0.05, 0.1) is 13.2 Å². The van der Waals surface area contributed by atoms with Crippen LogP contribution in [-0.2, 0) is 11.2 Å². The lowest BCUT2D eigenvalue weighted by Gasteiger charge is -2.31. The summed E-state index contributed by atoms with van der Waals surface area (Å²) in [4.78, 5) is 0. The molecule has 21 heavy (non-hydrogen) atoms. The first kappa shape index (κ1) is 16.3. The maximum Gasteiger partial charge on any atom is 0.122 e. The van der Waals surface area contributed by atoms with E-state index in [0.717, 1.165) is 38.2 Å². The van der Waals surface area contributed by atoms with Gasteiger partial charge < -0.3 is 14.8 Å². The van der Waals surface area contributed by atoms with E-state index in [-0.39, 0.29) is 0 Å². The van der Waals surface area contributed by atoms with Gasteiger partial charge in [0.2, 0.25) is 0 Å². The molecule has 1 aromatic carbocycles. The lowest BCUT2D eigenvalue weighted by Crippen LogP contribution is -2.44. The Hall–Kier alpha value is -1.06. The number of hydrogen-bond acceptors (Lipinski definition) is 3. The van der Waals surface area contributed by atoms with Gasteiger partial charge in [-0.2, -0.15) is 0 Å². The standard InChI is InChI=1S/C18H29NO2/c1-4-10-19-16(18-7-5-6-11-21-18)13-15-12-14(2)8-9-17(15)20-3/h8-9,12,16,18-19H,4-7,10-11,13H2,1-3H3. The summed E-state index contributed by atoms with van der Waals surface area (Å²) in [6, 6.07) is 6.79. The van der Waals surface area contributed by atoms with Crippen molar-refractivity contribution in [3.8, 4) is 5.75 Å². The van der Waals surface area contributed by atoms with E-state index in [0.29, 0.717) is 12.1 Å². The smallest absolute Gasteiger partial charge is 0.122 e. The van der Waals surface area contributed by atoms with Gasteiger partial charge >= 0.3 is 0 Å². The van der Waals surface area contributed by atoms with Gasteiger partial charge in [0, 0.05) is 12.6 Å². The second-order valence-electron chi connectivity index (χ2n) is 5.99. The van der Waals surface area contributed by atoms with Gasteiger partial charge in [0.1, 0.15) is 5.75 Å². The lowest BCUT2D eigenvalue weighted by atomic mass is 9.94. The minimum atomic E-state index is 0.329. The Kier molecular flexibility index (Phi) is 6.52. The van der Waals surface area contributed by atoms with Crippen LogP contribution < -0.4 is 10.1 Å². The van der Waals surface area contributed by atoms with E-state index >= 15 is 0 Å². The molecule has 1 heterocycles. The van der Waals surface area contributed by atoms with Crippen LogP contribution in [0, 0.1) is 6.92 Å². The van der Waals surface area contributed by atoms with Crippen molar-refractivity contribution < 1.29 is 9.47 Å². The number of methoxy groups -OCH3 is 1. The number of hydrogen-bond donors (Lipinski definition) is 1. The quantitative estimate of drug-likeness (QED) is 0.834. The van der Waals surface area contributed by atoms with Gasteiger partial charge in [-0.15, -0.1) is 0 Å². The molecule has 1 aliphatic heterocycles. The Morgan fingerprint density at radius 1 is 1.38 bits per heavy atom. The molecule has 0 aromatic heterocycles. The van der Waals surface area contributed by atoms with E-state index < -0.39 is 0 Å². The molecule has 0 bridgehead atoms. The topological polar surface area (TPSA) is 30.5 Å². The highest BCUT2D eigenvalue weighted by Gasteiger charge is 2.25. The van der Waals surface area contributed by atoms with Crippen molar-refractivity contribution in [3.63, 3.8) is 0 Å². The average Bonchev–Trinajstić information content (AvgIpc) is 2.52. The number of rotatable bonds is 7. The lowest BCUT2D eigenvalue weighted by molar-refractivity contribution is -0.00746. The first-order valence-corrected chi connectivity index (χ1v) is 8.23. The van der Waals surface area contributed by atoms with Crippen LogP contribution in [0.3, 0.4) is 0 Å². The molecule has 1 saturated heterocycles. The van der Waals surface area contributed by atoms with Crippen molar-refractivity contribution in [3.05, 3.63) is 29.3 Å². The van der Waals surface area contributed by atoms with Crippen molar-refractivity contribution in [1.29, 1.82) is 0 Å². The molecular formula is C18H29NO2. The average molecular weight is 291 g/mol. The van der Waals surface area contributed by atoms with Crippen LogP contribution in [0.5, 0.6) is 5.75 Å². The zero-order valence-electron chi connectivity index (χ0n) is 13.7. The second-order valence-corrected chi connectivity index (χ2v) is 5.99. The molecule has 1 aliphatic rings. The molecule has 0 amide bonds. The fourth-order valence-corrected chi connectivity index (χ4v) is 3.05. The van der Waals surface area contributed by atoms with Crippen molar-refractivity contribution in [1.82, 2.24) is 5.32 Å². The van der Waals surface area contributed by atoms with Crippen LogP contribution in [0.4, 0.5) is 0 Å². The Balaban J connectivity index is 2.11. The van der Waals surface area contributed by atoms with E-state index in [2.05, 4.69) is 37.4 Å². The van der Waals surface area contributed by atoms with Gasteiger partial charge in [-0.05, 0) is 57.2 Å². The second kappa shape index (κ2) is 8.40. The highest BCUT2D eigenvalue weighted by Crippen LogP contribution is 2.24. The summed E-state index contributed by atoms with van der Waals surface area (Å²) in [6.45, 7) is 6.28. The third-order valence-electron chi connectivity index (χ3n) is 4.20. The van der Waals surface area contributed by atoms with Gasteiger partial charge in [-0.25, -0.2) is 0 Å². The monoisotopic (exact) mass is 291 g/mol. The molecule has 0 spiro atoms. The van der Waals surface area contributed by atoms with E-state index in [1.165, 1.54) is 24.0 Å². The first-order chi connectivity index (χ1) is 10.2. The van der Waals surface area contributed by atoms with E-state index in [9.17, 15) is 0 Å². The summed E-state index contributed by atoms with van der Waals surface area (Å²) < 4.78 is 11.5. The maximum absolute atomic E-state index is 6.01. The fraction of sp³-hybridized carbons (Fsp3) is 0.667. The molecule has 2 rings (SSSR count). The fourth-order valence-electron chi connectivity index (χ4n) is 3.05. The molecule has 1 aromatic rings. The van der Waals surface area contributed by atoms with Crippen LogP contribution in [0.25, 0.3) is 0 Å². The minimum Gasteiger partial charge on any atom is -0.496 e. The molecule has 2 atom stereocenters. The Labute approximate surface area is 129 Å². The molecule has 118 valence electrons. The number of benzene rings is 1. The molecule has 1 fully saturated rings. The largest absolute Gasteiger partial charge is 0.496 e. The summed E-state index contributed by atoms with van der Waals surface area (Å²) in [5, 5.41) is 3.68. The summed E-state index contributed by atoms with van der Waals surface area (Å²) in [7, 11) is 1.75. The number of nitrogens with one attached hydrogen (secondary N) is 1. The van der Waals surface area contributed by atoms with Gasteiger partial charge in [0.25, 0.3) is 0 Å². The van der Waals surface area contributed by atoms with Crippen LogP contribution in [0.15, 0.2) is 18.2 Å². The predicted octanol–water partition coefficient (Wildman–Crippen LogP) is 3.48. The normalized spacial score (nSPS) is 20.2. The maximum atomic E-state index is 6.01. The van der Waals surface area contributed by atoms with Crippen LogP contribution >= 0.6 is 0 Å². The number of aryl methyl sites for hydroxylation is 1. The molecule has 3 nitrogen and oxygen atoms in total. The molecular weight excluding hydrogens is 262 g/mol. The van der Waals surface area contributed by atoms with E-state index in [1.807, 2.05) is 0 Å². The number of ether oxygens (including phenoxy) is 2.